The zero-order chi connectivity index (χ0) is 18.4. The van der Waals surface area contributed by atoms with Crippen LogP contribution in [0, 0.1) is 6.92 Å². The van der Waals surface area contributed by atoms with Crippen molar-refractivity contribution in [2.45, 2.75) is 20.4 Å². The van der Waals surface area contributed by atoms with Crippen LogP contribution in [-0.4, -0.2) is 27.4 Å². The number of nitrogens with one attached hydrogen (secondary N) is 1. The molecule has 132 valence electrons. The molecule has 0 saturated heterocycles. The first-order chi connectivity index (χ1) is 12.7. The minimum atomic E-state index is -0.250. The zero-order valence-corrected chi connectivity index (χ0v) is 14.9. The minimum absolute atomic E-state index is 0.250. The first kappa shape index (κ1) is 17.5. The van der Waals surface area contributed by atoms with Crippen molar-refractivity contribution in [1.82, 2.24) is 20.3 Å². The van der Waals surface area contributed by atoms with Crippen LogP contribution in [0.25, 0.3) is 0 Å². The summed E-state index contributed by atoms with van der Waals surface area (Å²) in [6, 6.07) is 11.9. The maximum absolute atomic E-state index is 12.2. The summed E-state index contributed by atoms with van der Waals surface area (Å²) in [5.74, 6) is 0.461. The highest BCUT2D eigenvalue weighted by Crippen LogP contribution is 2.23. The number of aromatic nitrogens is 3. The molecule has 0 bridgehead atoms. The SMILES string of the molecule is CCN(c1cccc(C)c1)c1cnc(C(=O)NCc2ccncc2)cn1. The molecule has 2 aromatic heterocycles. The second kappa shape index (κ2) is 8.20. The van der Waals surface area contributed by atoms with Gasteiger partial charge in [-0.2, -0.15) is 0 Å². The lowest BCUT2D eigenvalue weighted by Gasteiger charge is -2.22. The Bertz CT molecular complexity index is 865. The van der Waals surface area contributed by atoms with E-state index in [4.69, 9.17) is 0 Å². The van der Waals surface area contributed by atoms with Gasteiger partial charge in [0.05, 0.1) is 12.4 Å². The van der Waals surface area contributed by atoms with Crippen LogP contribution in [0.2, 0.25) is 0 Å². The molecule has 0 aliphatic rings. The van der Waals surface area contributed by atoms with Gasteiger partial charge in [0, 0.05) is 31.2 Å². The Morgan fingerprint density at radius 2 is 1.92 bits per heavy atom. The van der Waals surface area contributed by atoms with Crippen LogP contribution < -0.4 is 10.2 Å². The van der Waals surface area contributed by atoms with Crippen molar-refractivity contribution in [3.8, 4) is 0 Å². The summed E-state index contributed by atoms with van der Waals surface area (Å²) in [6.45, 7) is 5.29. The number of benzene rings is 1. The molecular formula is C20H21N5O. The van der Waals surface area contributed by atoms with Gasteiger partial charge in [-0.25, -0.2) is 9.97 Å². The van der Waals surface area contributed by atoms with E-state index in [1.165, 1.54) is 11.8 Å². The Labute approximate surface area is 153 Å². The molecule has 1 N–H and O–H groups in total. The fraction of sp³-hybridized carbons (Fsp3) is 0.200. The van der Waals surface area contributed by atoms with Crippen LogP contribution in [0.15, 0.2) is 61.2 Å². The Morgan fingerprint density at radius 3 is 2.58 bits per heavy atom. The molecule has 0 atom stereocenters. The highest BCUT2D eigenvalue weighted by Gasteiger charge is 2.12. The van der Waals surface area contributed by atoms with Crippen LogP contribution in [-0.2, 0) is 6.54 Å². The Morgan fingerprint density at radius 1 is 1.12 bits per heavy atom. The zero-order valence-electron chi connectivity index (χ0n) is 14.9. The molecule has 0 spiro atoms. The van der Waals surface area contributed by atoms with E-state index in [2.05, 4.69) is 51.1 Å². The minimum Gasteiger partial charge on any atom is -0.347 e. The number of rotatable bonds is 6. The fourth-order valence-electron chi connectivity index (χ4n) is 2.62. The monoisotopic (exact) mass is 347 g/mol. The van der Waals surface area contributed by atoms with Crippen LogP contribution in [0.5, 0.6) is 0 Å². The summed E-state index contributed by atoms with van der Waals surface area (Å²) in [4.78, 5) is 27.0. The number of hydrogen-bond acceptors (Lipinski definition) is 5. The fourth-order valence-corrected chi connectivity index (χ4v) is 2.62. The van der Waals surface area contributed by atoms with Crippen molar-refractivity contribution in [3.05, 3.63) is 78.0 Å². The molecule has 3 rings (SSSR count). The molecular weight excluding hydrogens is 326 g/mol. The molecule has 6 nitrogen and oxygen atoms in total. The number of amides is 1. The number of aryl methyl sites for hydroxylation is 1. The summed E-state index contributed by atoms with van der Waals surface area (Å²) < 4.78 is 0. The van der Waals surface area contributed by atoms with Gasteiger partial charge in [-0.3, -0.25) is 9.78 Å². The smallest absolute Gasteiger partial charge is 0.271 e. The predicted octanol–water partition coefficient (Wildman–Crippen LogP) is 3.27. The van der Waals surface area contributed by atoms with E-state index in [9.17, 15) is 4.79 Å². The summed E-state index contributed by atoms with van der Waals surface area (Å²) in [5, 5.41) is 2.83. The van der Waals surface area contributed by atoms with E-state index in [0.717, 1.165) is 17.8 Å². The van der Waals surface area contributed by atoms with Gasteiger partial charge in [0.2, 0.25) is 0 Å². The van der Waals surface area contributed by atoms with Gasteiger partial charge in [-0.05, 0) is 49.2 Å². The Kier molecular flexibility index (Phi) is 5.53. The summed E-state index contributed by atoms with van der Waals surface area (Å²) in [7, 11) is 0. The van der Waals surface area contributed by atoms with Crippen LogP contribution >= 0.6 is 0 Å². The first-order valence-corrected chi connectivity index (χ1v) is 8.50. The Hall–Kier alpha value is -3.28. The van der Waals surface area contributed by atoms with Crippen LogP contribution in [0.1, 0.15) is 28.5 Å². The van der Waals surface area contributed by atoms with Crippen molar-refractivity contribution >= 4 is 17.4 Å². The van der Waals surface area contributed by atoms with Gasteiger partial charge in [0.15, 0.2) is 5.82 Å². The third kappa shape index (κ3) is 4.22. The van der Waals surface area contributed by atoms with Crippen molar-refractivity contribution in [1.29, 1.82) is 0 Å². The average molecular weight is 347 g/mol. The van der Waals surface area contributed by atoms with Gasteiger partial charge in [-0.1, -0.05) is 12.1 Å². The van der Waals surface area contributed by atoms with Gasteiger partial charge in [0.1, 0.15) is 5.69 Å². The van der Waals surface area contributed by atoms with E-state index >= 15 is 0 Å². The van der Waals surface area contributed by atoms with Crippen molar-refractivity contribution in [2.24, 2.45) is 0 Å². The summed E-state index contributed by atoms with van der Waals surface area (Å²) in [5.41, 5.74) is 3.51. The van der Waals surface area contributed by atoms with E-state index in [0.29, 0.717) is 18.1 Å². The van der Waals surface area contributed by atoms with Gasteiger partial charge in [0.25, 0.3) is 5.91 Å². The number of anilines is 2. The average Bonchev–Trinajstić information content (AvgIpc) is 2.68. The second-order valence-electron chi connectivity index (χ2n) is 5.88. The van der Waals surface area contributed by atoms with Crippen LogP contribution in [0.4, 0.5) is 11.5 Å². The molecule has 0 unspecified atom stereocenters. The second-order valence-corrected chi connectivity index (χ2v) is 5.88. The molecule has 1 aromatic carbocycles. The molecule has 2 heterocycles. The third-order valence-corrected chi connectivity index (χ3v) is 3.98. The van der Waals surface area contributed by atoms with Gasteiger partial charge in [-0.15, -0.1) is 0 Å². The van der Waals surface area contributed by atoms with Crippen molar-refractivity contribution in [2.75, 3.05) is 11.4 Å². The molecule has 0 aliphatic carbocycles. The molecule has 26 heavy (non-hydrogen) atoms. The number of carbonyl (C=O) groups is 1. The van der Waals surface area contributed by atoms with E-state index in [1.807, 2.05) is 24.3 Å². The highest BCUT2D eigenvalue weighted by atomic mass is 16.1. The van der Waals surface area contributed by atoms with E-state index < -0.39 is 0 Å². The lowest BCUT2D eigenvalue weighted by Crippen LogP contribution is -2.24. The summed E-state index contributed by atoms with van der Waals surface area (Å²) >= 11 is 0. The van der Waals surface area contributed by atoms with Crippen molar-refractivity contribution in [3.63, 3.8) is 0 Å². The van der Waals surface area contributed by atoms with Gasteiger partial charge >= 0.3 is 0 Å². The van der Waals surface area contributed by atoms with Crippen molar-refractivity contribution < 1.29 is 4.79 Å². The predicted molar refractivity (Wildman–Crippen MR) is 101 cm³/mol. The third-order valence-electron chi connectivity index (χ3n) is 3.98. The molecule has 3 aromatic rings. The molecule has 0 aliphatic heterocycles. The largest absolute Gasteiger partial charge is 0.347 e. The van der Waals surface area contributed by atoms with Gasteiger partial charge < -0.3 is 10.2 Å². The molecule has 0 fully saturated rings. The van der Waals surface area contributed by atoms with Crippen LogP contribution in [0.3, 0.4) is 0 Å². The lowest BCUT2D eigenvalue weighted by atomic mass is 10.2. The molecule has 0 saturated carbocycles. The molecule has 1 amide bonds. The summed E-state index contributed by atoms with van der Waals surface area (Å²) in [6.07, 6.45) is 6.53. The quantitative estimate of drug-likeness (QED) is 0.741. The normalized spacial score (nSPS) is 10.4. The van der Waals surface area contributed by atoms with E-state index in [1.54, 1.807) is 18.6 Å². The van der Waals surface area contributed by atoms with E-state index in [-0.39, 0.29) is 5.91 Å². The maximum Gasteiger partial charge on any atom is 0.271 e. The molecule has 6 heteroatoms. The number of pyridine rings is 1. The number of nitrogens with zero attached hydrogens (tertiary/aromatic N) is 4. The topological polar surface area (TPSA) is 71.0 Å². The first-order valence-electron chi connectivity index (χ1n) is 8.50. The number of hydrogen-bond donors (Lipinski definition) is 1. The standard InChI is InChI=1S/C20H21N5O/c1-3-25(17-6-4-5-15(2)11-17)19-14-22-18(13-23-19)20(26)24-12-16-7-9-21-10-8-16/h4-11,13-14H,3,12H2,1-2H3,(H,24,26). The molecule has 0 radical (unpaired) electrons. The Balaban J connectivity index is 1.70. The maximum atomic E-state index is 12.2. The highest BCUT2D eigenvalue weighted by molar-refractivity contribution is 5.92. The number of carbonyl (C=O) groups excluding carboxylic acids is 1. The lowest BCUT2D eigenvalue weighted by molar-refractivity contribution is 0.0945.